The van der Waals surface area contributed by atoms with Crippen molar-refractivity contribution in [1.82, 2.24) is 0 Å². The lowest BCUT2D eigenvalue weighted by Gasteiger charge is -2.09. The lowest BCUT2D eigenvalue weighted by Crippen LogP contribution is -2.16. The summed E-state index contributed by atoms with van der Waals surface area (Å²) in [5.41, 5.74) is 3.22. The molecule has 0 saturated heterocycles. The summed E-state index contributed by atoms with van der Waals surface area (Å²) in [7, 11) is 0. The highest BCUT2D eigenvalue weighted by Gasteiger charge is 2.04. The normalized spacial score (nSPS) is 10.7. The number of carbonyl (C=O) groups is 1. The van der Waals surface area contributed by atoms with E-state index in [0.717, 1.165) is 11.1 Å². The molecule has 3 aromatic carbocycles. The molecule has 0 saturated carbocycles. The third-order valence-corrected chi connectivity index (χ3v) is 4.00. The molecule has 1 amide bonds. The molecule has 0 aliphatic heterocycles. The van der Waals surface area contributed by atoms with Gasteiger partial charge in [-0.3, -0.25) is 4.79 Å². The largest absolute Gasteiger partial charge is 0.488 e. The number of nitrogens with zero attached hydrogens (tertiary/aromatic N) is 1. The van der Waals surface area contributed by atoms with Gasteiger partial charge in [0.2, 0.25) is 0 Å². The van der Waals surface area contributed by atoms with Crippen molar-refractivity contribution in [3.63, 3.8) is 0 Å². The Hall–Kier alpha value is -3.67. The van der Waals surface area contributed by atoms with Gasteiger partial charge >= 0.3 is 0 Å². The van der Waals surface area contributed by atoms with E-state index in [1.54, 1.807) is 24.3 Å². The van der Waals surface area contributed by atoms with E-state index in [0.29, 0.717) is 17.0 Å². The van der Waals surface area contributed by atoms with E-state index < -0.39 is 0 Å². The van der Waals surface area contributed by atoms with Crippen molar-refractivity contribution in [3.8, 4) is 5.75 Å². The summed E-state index contributed by atoms with van der Waals surface area (Å²) in [6.07, 6.45) is 1.47. The lowest BCUT2D eigenvalue weighted by molar-refractivity contribution is -0.120. The van der Waals surface area contributed by atoms with E-state index in [4.69, 9.17) is 9.57 Å². The van der Waals surface area contributed by atoms with Crippen molar-refractivity contribution in [3.05, 3.63) is 95.3 Å². The van der Waals surface area contributed by atoms with Gasteiger partial charge in [-0.25, -0.2) is 4.39 Å². The van der Waals surface area contributed by atoms with Gasteiger partial charge in [0.1, 0.15) is 18.2 Å². The lowest BCUT2D eigenvalue weighted by atomic mass is 10.2. The van der Waals surface area contributed by atoms with Crippen molar-refractivity contribution < 1.29 is 18.8 Å². The molecule has 29 heavy (non-hydrogen) atoms. The summed E-state index contributed by atoms with van der Waals surface area (Å²) in [5.74, 6) is -0.0341. The molecule has 5 nitrogen and oxygen atoms in total. The second-order valence-corrected chi connectivity index (χ2v) is 6.38. The van der Waals surface area contributed by atoms with Gasteiger partial charge in [0, 0.05) is 11.3 Å². The fraction of sp³-hybridized carbons (Fsp3) is 0.130. The maximum absolute atomic E-state index is 13.3. The van der Waals surface area contributed by atoms with Crippen LogP contribution in [0, 0.1) is 12.7 Å². The molecule has 0 aliphatic carbocycles. The SMILES string of the molecule is Cc1ccc(NC(=O)CON=Cc2ccccc2OCc2cccc(F)c2)cc1. The first-order valence-electron chi connectivity index (χ1n) is 9.08. The van der Waals surface area contributed by atoms with E-state index in [1.807, 2.05) is 43.3 Å². The predicted octanol–water partition coefficient (Wildman–Crippen LogP) is 4.70. The van der Waals surface area contributed by atoms with Crippen LogP contribution in [0.25, 0.3) is 0 Å². The van der Waals surface area contributed by atoms with Crippen molar-refractivity contribution in [2.45, 2.75) is 13.5 Å². The van der Waals surface area contributed by atoms with Crippen LogP contribution in [0.15, 0.2) is 78.0 Å². The van der Waals surface area contributed by atoms with Crippen LogP contribution < -0.4 is 10.1 Å². The Kier molecular flexibility index (Phi) is 6.95. The van der Waals surface area contributed by atoms with Gasteiger partial charge in [-0.1, -0.05) is 47.1 Å². The number of amides is 1. The Balaban J connectivity index is 1.51. The summed E-state index contributed by atoms with van der Waals surface area (Å²) >= 11 is 0. The van der Waals surface area contributed by atoms with Crippen molar-refractivity contribution in [1.29, 1.82) is 0 Å². The molecule has 0 spiro atoms. The van der Waals surface area contributed by atoms with Crippen LogP contribution in [0.4, 0.5) is 10.1 Å². The van der Waals surface area contributed by atoms with Gasteiger partial charge in [0.25, 0.3) is 5.91 Å². The zero-order valence-electron chi connectivity index (χ0n) is 16.0. The Morgan fingerprint density at radius 3 is 2.66 bits per heavy atom. The minimum atomic E-state index is -0.307. The zero-order valence-corrected chi connectivity index (χ0v) is 16.0. The molecule has 0 aliphatic rings. The topological polar surface area (TPSA) is 59.9 Å². The highest BCUT2D eigenvalue weighted by molar-refractivity contribution is 5.91. The summed E-state index contributed by atoms with van der Waals surface area (Å²) in [5, 5.41) is 6.57. The van der Waals surface area contributed by atoms with Crippen LogP contribution >= 0.6 is 0 Å². The summed E-state index contributed by atoms with van der Waals surface area (Å²) in [4.78, 5) is 17.0. The molecule has 6 heteroatoms. The first-order chi connectivity index (χ1) is 14.1. The van der Waals surface area contributed by atoms with Crippen LogP contribution in [0.3, 0.4) is 0 Å². The summed E-state index contributed by atoms with van der Waals surface area (Å²) in [6, 6.07) is 20.9. The first kappa shape index (κ1) is 20.1. The Morgan fingerprint density at radius 1 is 1.07 bits per heavy atom. The second-order valence-electron chi connectivity index (χ2n) is 6.38. The number of carbonyl (C=O) groups excluding carboxylic acids is 1. The van der Waals surface area contributed by atoms with Gasteiger partial charge in [0.15, 0.2) is 6.61 Å². The number of para-hydroxylation sites is 1. The molecule has 0 radical (unpaired) electrons. The van der Waals surface area contributed by atoms with Gasteiger partial charge in [-0.2, -0.15) is 0 Å². The molecule has 0 bridgehead atoms. The maximum atomic E-state index is 13.3. The molecule has 0 aromatic heterocycles. The number of ether oxygens (including phenoxy) is 1. The quantitative estimate of drug-likeness (QED) is 0.446. The molecule has 0 unspecified atom stereocenters. The van der Waals surface area contributed by atoms with E-state index in [2.05, 4.69) is 10.5 Å². The van der Waals surface area contributed by atoms with E-state index >= 15 is 0 Å². The fourth-order valence-corrected chi connectivity index (χ4v) is 2.53. The number of anilines is 1. The molecular weight excluding hydrogens is 371 g/mol. The molecule has 3 rings (SSSR count). The number of aryl methyl sites for hydroxylation is 1. The highest BCUT2D eigenvalue weighted by Crippen LogP contribution is 2.18. The minimum absolute atomic E-state index is 0.212. The van der Waals surface area contributed by atoms with Gasteiger partial charge in [-0.15, -0.1) is 0 Å². The van der Waals surface area contributed by atoms with Crippen LogP contribution in [0.5, 0.6) is 5.75 Å². The molecule has 1 N–H and O–H groups in total. The molecule has 0 fully saturated rings. The van der Waals surface area contributed by atoms with Crippen molar-refractivity contribution >= 4 is 17.8 Å². The third-order valence-electron chi connectivity index (χ3n) is 4.00. The Morgan fingerprint density at radius 2 is 1.86 bits per heavy atom. The van der Waals surface area contributed by atoms with Gasteiger partial charge in [-0.05, 0) is 48.9 Å². The van der Waals surface area contributed by atoms with E-state index in [9.17, 15) is 9.18 Å². The standard InChI is InChI=1S/C23H21FN2O3/c1-17-9-11-21(12-10-17)26-23(27)16-29-25-14-19-6-2-3-8-22(19)28-15-18-5-4-7-20(24)13-18/h2-14H,15-16H2,1H3,(H,26,27). The smallest absolute Gasteiger partial charge is 0.265 e. The predicted molar refractivity (Wildman–Crippen MR) is 111 cm³/mol. The van der Waals surface area contributed by atoms with Crippen LogP contribution in [-0.4, -0.2) is 18.7 Å². The number of hydrogen-bond donors (Lipinski definition) is 1. The minimum Gasteiger partial charge on any atom is -0.488 e. The van der Waals surface area contributed by atoms with E-state index in [-0.39, 0.29) is 24.9 Å². The number of benzene rings is 3. The molecule has 0 heterocycles. The summed E-state index contributed by atoms with van der Waals surface area (Å²) < 4.78 is 19.0. The van der Waals surface area contributed by atoms with Gasteiger partial charge in [0.05, 0.1) is 6.21 Å². The molecular formula is C23H21FN2O3. The Labute approximate surface area is 168 Å². The third kappa shape index (κ3) is 6.46. The molecule has 148 valence electrons. The summed E-state index contributed by atoms with van der Waals surface area (Å²) in [6.45, 7) is 1.99. The maximum Gasteiger partial charge on any atom is 0.265 e. The van der Waals surface area contributed by atoms with Crippen LogP contribution in [0.1, 0.15) is 16.7 Å². The number of oxime groups is 1. The molecule has 3 aromatic rings. The number of nitrogens with one attached hydrogen (secondary N) is 1. The first-order valence-corrected chi connectivity index (χ1v) is 9.08. The van der Waals surface area contributed by atoms with Crippen LogP contribution in [0.2, 0.25) is 0 Å². The van der Waals surface area contributed by atoms with Crippen molar-refractivity contribution in [2.24, 2.45) is 5.16 Å². The average molecular weight is 392 g/mol. The molecule has 0 atom stereocenters. The monoisotopic (exact) mass is 392 g/mol. The zero-order chi connectivity index (χ0) is 20.5. The van der Waals surface area contributed by atoms with Crippen molar-refractivity contribution in [2.75, 3.05) is 11.9 Å². The van der Waals surface area contributed by atoms with E-state index in [1.165, 1.54) is 18.3 Å². The number of halogens is 1. The fourth-order valence-electron chi connectivity index (χ4n) is 2.53. The average Bonchev–Trinajstić information content (AvgIpc) is 2.72. The number of rotatable bonds is 8. The number of hydrogen-bond acceptors (Lipinski definition) is 4. The highest BCUT2D eigenvalue weighted by atomic mass is 19.1. The Bertz CT molecular complexity index is 987. The van der Waals surface area contributed by atoms with Crippen LogP contribution in [-0.2, 0) is 16.2 Å². The second kappa shape index (κ2) is 10.0. The van der Waals surface area contributed by atoms with Gasteiger partial charge < -0.3 is 14.9 Å².